The van der Waals surface area contributed by atoms with E-state index in [1.165, 1.54) is 18.4 Å². The van der Waals surface area contributed by atoms with Crippen molar-refractivity contribution in [1.29, 1.82) is 0 Å². The molecule has 0 radical (unpaired) electrons. The summed E-state index contributed by atoms with van der Waals surface area (Å²) in [6.45, 7) is 7.78. The number of rotatable bonds is 5. The molecule has 7 nitrogen and oxygen atoms in total. The van der Waals surface area contributed by atoms with Crippen LogP contribution in [0.15, 0.2) is 53.1 Å². The lowest BCUT2D eigenvalue weighted by Crippen LogP contribution is -2.45. The van der Waals surface area contributed by atoms with Gasteiger partial charge in [0.05, 0.1) is 6.04 Å². The lowest BCUT2D eigenvalue weighted by atomic mass is 9.85. The monoisotopic (exact) mass is 505 g/mol. The van der Waals surface area contributed by atoms with Gasteiger partial charge in [-0.2, -0.15) is 0 Å². The lowest BCUT2D eigenvalue weighted by molar-refractivity contribution is -0.141. The first-order valence-electron chi connectivity index (χ1n) is 12.8. The molecule has 1 atom stereocenters. The van der Waals surface area contributed by atoms with E-state index in [9.17, 15) is 14.0 Å². The molecule has 194 valence electrons. The fourth-order valence-corrected chi connectivity index (χ4v) is 5.07. The summed E-state index contributed by atoms with van der Waals surface area (Å²) in [4.78, 5) is 33.9. The number of carbonyl (C=O) groups is 2. The molecule has 2 amide bonds. The van der Waals surface area contributed by atoms with Crippen molar-refractivity contribution in [3.63, 3.8) is 0 Å². The van der Waals surface area contributed by atoms with Crippen LogP contribution in [-0.2, 0) is 17.8 Å². The van der Waals surface area contributed by atoms with Crippen LogP contribution in [-0.4, -0.2) is 46.2 Å². The Kier molecular flexibility index (Phi) is 6.75. The van der Waals surface area contributed by atoms with Crippen LogP contribution >= 0.6 is 0 Å². The molecule has 1 saturated heterocycles. The molecule has 2 aliphatic heterocycles. The zero-order chi connectivity index (χ0) is 26.2. The molecule has 1 fully saturated rings. The maximum absolute atomic E-state index is 14.2. The standard InChI is InChI=1S/C29H32FN3O4/c1-29(2,3)28(35)33-14-11-19-9-10-22(16-23(19)26(33)20-7-6-8-21(30)15-20)36-18-25-31-24(17-37-25)27(34)32-12-4-5-13-32/h6-10,15-17,26H,4-5,11-14,18H2,1-3H3/t26-/m0/s1. The van der Waals surface area contributed by atoms with E-state index in [1.807, 2.05) is 49.9 Å². The molecule has 37 heavy (non-hydrogen) atoms. The Morgan fingerprint density at radius 1 is 1.11 bits per heavy atom. The fraction of sp³-hybridized carbons (Fsp3) is 0.414. The molecule has 2 aromatic carbocycles. The molecule has 0 unspecified atom stereocenters. The van der Waals surface area contributed by atoms with Gasteiger partial charge in [-0.1, -0.05) is 39.0 Å². The van der Waals surface area contributed by atoms with Crippen LogP contribution < -0.4 is 4.74 Å². The van der Waals surface area contributed by atoms with Crippen molar-refractivity contribution >= 4 is 11.8 Å². The van der Waals surface area contributed by atoms with Crippen LogP contribution in [0.25, 0.3) is 0 Å². The van der Waals surface area contributed by atoms with Gasteiger partial charge in [0.1, 0.15) is 17.8 Å². The number of amides is 2. The van der Waals surface area contributed by atoms with Gasteiger partial charge in [-0.05, 0) is 60.2 Å². The number of nitrogens with zero attached hydrogens (tertiary/aromatic N) is 3. The second-order valence-electron chi connectivity index (χ2n) is 10.7. The zero-order valence-corrected chi connectivity index (χ0v) is 21.5. The van der Waals surface area contributed by atoms with Gasteiger partial charge < -0.3 is 19.0 Å². The van der Waals surface area contributed by atoms with Crippen LogP contribution in [0.2, 0.25) is 0 Å². The summed E-state index contributed by atoms with van der Waals surface area (Å²) in [6.07, 6.45) is 4.09. The third-order valence-electron chi connectivity index (χ3n) is 6.94. The maximum Gasteiger partial charge on any atom is 0.275 e. The molecule has 0 N–H and O–H groups in total. The largest absolute Gasteiger partial charge is 0.484 e. The highest BCUT2D eigenvalue weighted by molar-refractivity contribution is 5.92. The van der Waals surface area contributed by atoms with E-state index >= 15 is 0 Å². The molecular weight excluding hydrogens is 473 g/mol. The summed E-state index contributed by atoms with van der Waals surface area (Å²) >= 11 is 0. The molecule has 3 aromatic rings. The Balaban J connectivity index is 1.39. The summed E-state index contributed by atoms with van der Waals surface area (Å²) in [5.41, 5.74) is 2.42. The van der Waals surface area contributed by atoms with Crippen molar-refractivity contribution in [1.82, 2.24) is 14.8 Å². The minimum Gasteiger partial charge on any atom is -0.484 e. The highest BCUT2D eigenvalue weighted by Crippen LogP contribution is 2.39. The van der Waals surface area contributed by atoms with Gasteiger partial charge in [-0.25, -0.2) is 9.37 Å². The van der Waals surface area contributed by atoms with Crippen molar-refractivity contribution in [2.24, 2.45) is 5.41 Å². The number of ether oxygens (including phenoxy) is 1. The van der Waals surface area contributed by atoms with Crippen LogP contribution in [0.3, 0.4) is 0 Å². The molecule has 5 rings (SSSR count). The van der Waals surface area contributed by atoms with Crippen molar-refractivity contribution in [2.45, 2.75) is 52.7 Å². The predicted octanol–water partition coefficient (Wildman–Crippen LogP) is 5.15. The van der Waals surface area contributed by atoms with E-state index in [0.717, 1.165) is 37.1 Å². The quantitative estimate of drug-likeness (QED) is 0.480. The molecule has 0 saturated carbocycles. The molecule has 0 bridgehead atoms. The lowest BCUT2D eigenvalue weighted by Gasteiger charge is -2.41. The van der Waals surface area contributed by atoms with Gasteiger partial charge in [0.2, 0.25) is 11.8 Å². The highest BCUT2D eigenvalue weighted by Gasteiger charge is 2.37. The van der Waals surface area contributed by atoms with Crippen LogP contribution in [0, 0.1) is 11.2 Å². The van der Waals surface area contributed by atoms with E-state index in [2.05, 4.69) is 4.98 Å². The van der Waals surface area contributed by atoms with E-state index in [-0.39, 0.29) is 29.9 Å². The van der Waals surface area contributed by atoms with Gasteiger partial charge in [0.25, 0.3) is 5.91 Å². The van der Waals surface area contributed by atoms with Crippen LogP contribution in [0.1, 0.15) is 72.7 Å². The number of halogens is 1. The van der Waals surface area contributed by atoms with E-state index in [1.54, 1.807) is 11.0 Å². The number of carbonyl (C=O) groups excluding carboxylic acids is 2. The van der Waals surface area contributed by atoms with Gasteiger partial charge >= 0.3 is 0 Å². The normalized spacial score (nSPS) is 17.6. The first-order chi connectivity index (χ1) is 17.7. The summed E-state index contributed by atoms with van der Waals surface area (Å²) in [7, 11) is 0. The predicted molar refractivity (Wildman–Crippen MR) is 136 cm³/mol. The van der Waals surface area contributed by atoms with Crippen molar-refractivity contribution in [2.75, 3.05) is 19.6 Å². The summed E-state index contributed by atoms with van der Waals surface area (Å²) in [6, 6.07) is 11.8. The molecule has 2 aliphatic rings. The van der Waals surface area contributed by atoms with E-state index < -0.39 is 11.5 Å². The number of fused-ring (bicyclic) bond motifs is 1. The van der Waals surface area contributed by atoms with Crippen LogP contribution in [0.4, 0.5) is 4.39 Å². The maximum atomic E-state index is 14.2. The Labute approximate surface area is 216 Å². The zero-order valence-electron chi connectivity index (χ0n) is 21.5. The number of aromatic nitrogens is 1. The second-order valence-corrected chi connectivity index (χ2v) is 10.7. The Hall–Kier alpha value is -3.68. The SMILES string of the molecule is CC(C)(C)C(=O)N1CCc2ccc(OCc3nc(C(=O)N4CCCC4)co3)cc2[C@@H]1c1cccc(F)c1. The van der Waals surface area contributed by atoms with E-state index in [0.29, 0.717) is 30.2 Å². The number of hydrogen-bond donors (Lipinski definition) is 0. The number of oxazole rings is 1. The summed E-state index contributed by atoms with van der Waals surface area (Å²) in [5.74, 6) is 0.433. The van der Waals surface area contributed by atoms with Crippen molar-refractivity contribution < 1.29 is 23.1 Å². The highest BCUT2D eigenvalue weighted by atomic mass is 19.1. The van der Waals surface area contributed by atoms with Gasteiger partial charge in [-0.15, -0.1) is 0 Å². The molecule has 0 spiro atoms. The minimum atomic E-state index is -0.577. The van der Waals surface area contributed by atoms with Crippen molar-refractivity contribution in [3.8, 4) is 5.75 Å². The molecule has 0 aliphatic carbocycles. The summed E-state index contributed by atoms with van der Waals surface area (Å²) in [5, 5.41) is 0. The second kappa shape index (κ2) is 10.00. The Morgan fingerprint density at radius 2 is 1.89 bits per heavy atom. The molecule has 3 heterocycles. The van der Waals surface area contributed by atoms with Gasteiger partial charge in [0.15, 0.2) is 12.3 Å². The third kappa shape index (κ3) is 5.24. The van der Waals surface area contributed by atoms with E-state index in [4.69, 9.17) is 9.15 Å². The number of hydrogen-bond acceptors (Lipinski definition) is 5. The third-order valence-corrected chi connectivity index (χ3v) is 6.94. The molecular formula is C29H32FN3O4. The summed E-state index contributed by atoms with van der Waals surface area (Å²) < 4.78 is 25.7. The van der Waals surface area contributed by atoms with Crippen molar-refractivity contribution in [3.05, 3.63) is 82.8 Å². The average molecular weight is 506 g/mol. The Bertz CT molecular complexity index is 1310. The smallest absolute Gasteiger partial charge is 0.275 e. The van der Waals surface area contributed by atoms with Gasteiger partial charge in [-0.3, -0.25) is 9.59 Å². The number of likely N-dealkylation sites (tertiary alicyclic amines) is 1. The minimum absolute atomic E-state index is 0.00807. The first kappa shape index (κ1) is 25.0. The van der Waals surface area contributed by atoms with Crippen LogP contribution in [0.5, 0.6) is 5.75 Å². The molecule has 8 heteroatoms. The van der Waals surface area contributed by atoms with Gasteiger partial charge in [0, 0.05) is 25.0 Å². The fourth-order valence-electron chi connectivity index (χ4n) is 5.07. The Morgan fingerprint density at radius 3 is 2.62 bits per heavy atom. The topological polar surface area (TPSA) is 75.9 Å². The molecule has 1 aromatic heterocycles. The number of benzene rings is 2. The average Bonchev–Trinajstić information content (AvgIpc) is 3.58. The first-order valence-corrected chi connectivity index (χ1v) is 12.8.